The van der Waals surface area contributed by atoms with Crippen LogP contribution in [0.3, 0.4) is 0 Å². The molecule has 2 nitrogen and oxygen atoms in total. The molecule has 1 aromatic rings. The highest BCUT2D eigenvalue weighted by atomic mass is 79.9. The Morgan fingerprint density at radius 1 is 1.43 bits per heavy atom. The topological polar surface area (TPSA) is 35.2 Å². The summed E-state index contributed by atoms with van der Waals surface area (Å²) >= 11 is 3.39. The van der Waals surface area contributed by atoms with Crippen molar-refractivity contribution in [3.05, 3.63) is 28.7 Å². The molecule has 0 aliphatic rings. The predicted octanol–water partition coefficient (Wildman–Crippen LogP) is 2.81. The lowest BCUT2D eigenvalue weighted by molar-refractivity contribution is 0.259. The Labute approximate surface area is 93.6 Å². The number of hydrogen-bond acceptors (Lipinski definition) is 2. The van der Waals surface area contributed by atoms with Crippen molar-refractivity contribution in [1.82, 2.24) is 0 Å². The van der Waals surface area contributed by atoms with Gasteiger partial charge in [0.05, 0.1) is 0 Å². The van der Waals surface area contributed by atoms with Crippen LogP contribution in [0, 0.1) is 5.92 Å². The van der Waals surface area contributed by atoms with Gasteiger partial charge in [-0.15, -0.1) is 0 Å². The lowest BCUT2D eigenvalue weighted by Crippen LogP contribution is -2.32. The molecule has 3 heteroatoms. The van der Waals surface area contributed by atoms with Gasteiger partial charge in [0, 0.05) is 10.5 Å². The molecule has 0 radical (unpaired) electrons. The fraction of sp³-hybridized carbons (Fsp3) is 0.455. The fourth-order valence-corrected chi connectivity index (χ4v) is 1.32. The maximum atomic E-state index is 5.87. The van der Waals surface area contributed by atoms with Crippen LogP contribution in [0.4, 0.5) is 0 Å². The Kier molecular flexibility index (Phi) is 4.42. The molecule has 1 rings (SSSR count). The Balaban J connectivity index is 2.45. The summed E-state index contributed by atoms with van der Waals surface area (Å²) in [5, 5.41) is 0. The quantitative estimate of drug-likeness (QED) is 0.901. The molecule has 0 bridgehead atoms. The molecule has 1 atom stereocenters. The minimum absolute atomic E-state index is 0.0916. The van der Waals surface area contributed by atoms with Gasteiger partial charge in [-0.1, -0.05) is 35.8 Å². The first kappa shape index (κ1) is 11.5. The van der Waals surface area contributed by atoms with Gasteiger partial charge in [0.15, 0.2) is 0 Å². The summed E-state index contributed by atoms with van der Waals surface area (Å²) < 4.78 is 6.58. The lowest BCUT2D eigenvalue weighted by atomic mass is 10.1. The zero-order chi connectivity index (χ0) is 10.6. The largest absolute Gasteiger partial charge is 0.492 e. The number of hydrogen-bond donors (Lipinski definition) is 1. The molecule has 0 fully saturated rings. The number of nitrogens with two attached hydrogens (primary N) is 1. The van der Waals surface area contributed by atoms with Crippen molar-refractivity contribution < 1.29 is 4.74 Å². The van der Waals surface area contributed by atoms with E-state index in [-0.39, 0.29) is 6.04 Å². The molecule has 0 aliphatic heterocycles. The lowest BCUT2D eigenvalue weighted by Gasteiger charge is -2.16. The third kappa shape index (κ3) is 3.68. The van der Waals surface area contributed by atoms with E-state index >= 15 is 0 Å². The molecular formula is C11H16BrNO. The highest BCUT2D eigenvalue weighted by molar-refractivity contribution is 9.10. The van der Waals surface area contributed by atoms with Crippen molar-refractivity contribution in [3.63, 3.8) is 0 Å². The standard InChI is InChI=1S/C11H16BrNO/c1-8(2)11(13)7-14-10-5-3-4-9(12)6-10/h3-6,8,11H,7,13H2,1-2H3/t11-/m0/s1. The van der Waals surface area contributed by atoms with E-state index in [2.05, 4.69) is 29.8 Å². The second-order valence-electron chi connectivity index (χ2n) is 3.68. The van der Waals surface area contributed by atoms with Crippen LogP contribution in [0.2, 0.25) is 0 Å². The van der Waals surface area contributed by atoms with E-state index < -0.39 is 0 Å². The molecule has 1 aromatic carbocycles. The fourth-order valence-electron chi connectivity index (χ4n) is 0.942. The molecule has 0 amide bonds. The molecule has 0 spiro atoms. The third-order valence-corrected chi connectivity index (χ3v) is 2.59. The van der Waals surface area contributed by atoms with Crippen molar-refractivity contribution in [1.29, 1.82) is 0 Å². The molecule has 0 saturated heterocycles. The molecule has 14 heavy (non-hydrogen) atoms. The van der Waals surface area contributed by atoms with Gasteiger partial charge in [-0.3, -0.25) is 0 Å². The Hall–Kier alpha value is -0.540. The summed E-state index contributed by atoms with van der Waals surface area (Å²) in [4.78, 5) is 0. The van der Waals surface area contributed by atoms with Crippen LogP contribution in [0.15, 0.2) is 28.7 Å². The maximum Gasteiger partial charge on any atom is 0.120 e. The summed E-state index contributed by atoms with van der Waals surface area (Å²) in [5.41, 5.74) is 5.87. The van der Waals surface area contributed by atoms with Gasteiger partial charge < -0.3 is 10.5 Å². The summed E-state index contributed by atoms with van der Waals surface area (Å²) in [6.45, 7) is 4.75. The molecule has 2 N–H and O–H groups in total. The first-order valence-electron chi connectivity index (χ1n) is 4.73. The van der Waals surface area contributed by atoms with Crippen molar-refractivity contribution in [3.8, 4) is 5.75 Å². The van der Waals surface area contributed by atoms with E-state index in [0.29, 0.717) is 12.5 Å². The van der Waals surface area contributed by atoms with Crippen LogP contribution in [0.1, 0.15) is 13.8 Å². The van der Waals surface area contributed by atoms with E-state index in [1.165, 1.54) is 0 Å². The van der Waals surface area contributed by atoms with Crippen molar-refractivity contribution >= 4 is 15.9 Å². The highest BCUT2D eigenvalue weighted by Crippen LogP contribution is 2.18. The van der Waals surface area contributed by atoms with Gasteiger partial charge in [-0.05, 0) is 24.1 Å². The first-order chi connectivity index (χ1) is 6.59. The second kappa shape index (κ2) is 5.37. The first-order valence-corrected chi connectivity index (χ1v) is 5.53. The molecule has 0 aliphatic carbocycles. The highest BCUT2D eigenvalue weighted by Gasteiger charge is 2.07. The summed E-state index contributed by atoms with van der Waals surface area (Å²) in [6, 6.07) is 7.87. The van der Waals surface area contributed by atoms with Gasteiger partial charge >= 0.3 is 0 Å². The molecule has 78 valence electrons. The minimum Gasteiger partial charge on any atom is -0.492 e. The number of benzene rings is 1. The van der Waals surface area contributed by atoms with E-state index in [9.17, 15) is 0 Å². The minimum atomic E-state index is 0.0916. The van der Waals surface area contributed by atoms with Gasteiger partial charge in [-0.25, -0.2) is 0 Å². The summed E-state index contributed by atoms with van der Waals surface area (Å²) in [7, 11) is 0. The zero-order valence-electron chi connectivity index (χ0n) is 8.53. The van der Waals surface area contributed by atoms with E-state index in [1.807, 2.05) is 24.3 Å². The molecule has 0 unspecified atom stereocenters. The SMILES string of the molecule is CC(C)[C@@H](N)COc1cccc(Br)c1. The third-order valence-electron chi connectivity index (χ3n) is 2.09. The number of rotatable bonds is 4. The molecule has 0 saturated carbocycles. The number of ether oxygens (including phenoxy) is 1. The zero-order valence-corrected chi connectivity index (χ0v) is 10.1. The Morgan fingerprint density at radius 3 is 2.71 bits per heavy atom. The maximum absolute atomic E-state index is 5.87. The second-order valence-corrected chi connectivity index (χ2v) is 4.59. The van der Waals surface area contributed by atoms with Gasteiger partial charge in [-0.2, -0.15) is 0 Å². The molecule has 0 aromatic heterocycles. The Morgan fingerprint density at radius 2 is 2.14 bits per heavy atom. The molecule has 0 heterocycles. The normalized spacial score (nSPS) is 12.9. The van der Waals surface area contributed by atoms with Crippen LogP contribution >= 0.6 is 15.9 Å². The van der Waals surface area contributed by atoms with Crippen LogP contribution < -0.4 is 10.5 Å². The van der Waals surface area contributed by atoms with Gasteiger partial charge in [0.2, 0.25) is 0 Å². The predicted molar refractivity (Wildman–Crippen MR) is 62.5 cm³/mol. The van der Waals surface area contributed by atoms with Crippen LogP contribution in [-0.4, -0.2) is 12.6 Å². The van der Waals surface area contributed by atoms with E-state index in [0.717, 1.165) is 10.2 Å². The average molecular weight is 258 g/mol. The Bertz CT molecular complexity index is 288. The molecular weight excluding hydrogens is 242 g/mol. The van der Waals surface area contributed by atoms with E-state index in [1.54, 1.807) is 0 Å². The van der Waals surface area contributed by atoms with Gasteiger partial charge in [0.1, 0.15) is 12.4 Å². The summed E-state index contributed by atoms with van der Waals surface area (Å²) in [5.74, 6) is 1.30. The van der Waals surface area contributed by atoms with E-state index in [4.69, 9.17) is 10.5 Å². The van der Waals surface area contributed by atoms with Gasteiger partial charge in [0.25, 0.3) is 0 Å². The summed E-state index contributed by atoms with van der Waals surface area (Å²) in [6.07, 6.45) is 0. The van der Waals surface area contributed by atoms with Crippen molar-refractivity contribution in [2.24, 2.45) is 11.7 Å². The number of halogens is 1. The smallest absolute Gasteiger partial charge is 0.120 e. The van der Waals surface area contributed by atoms with Crippen LogP contribution in [0.25, 0.3) is 0 Å². The van der Waals surface area contributed by atoms with Crippen LogP contribution in [-0.2, 0) is 0 Å². The average Bonchev–Trinajstić information content (AvgIpc) is 2.14. The van der Waals surface area contributed by atoms with Crippen molar-refractivity contribution in [2.75, 3.05) is 6.61 Å². The van der Waals surface area contributed by atoms with Crippen molar-refractivity contribution in [2.45, 2.75) is 19.9 Å². The monoisotopic (exact) mass is 257 g/mol. The van der Waals surface area contributed by atoms with Crippen LogP contribution in [0.5, 0.6) is 5.75 Å².